The number of nitrogens with zero attached hydrogens (tertiary/aromatic N) is 2. The van der Waals surface area contributed by atoms with Crippen molar-refractivity contribution in [1.82, 2.24) is 14.5 Å². The molecule has 1 heterocycles. The van der Waals surface area contributed by atoms with E-state index in [4.69, 9.17) is 0 Å². The Bertz CT molecular complexity index is 1020. The number of aryl methyl sites for hydroxylation is 2. The van der Waals surface area contributed by atoms with Crippen LogP contribution in [0.1, 0.15) is 29.5 Å². The quantitative estimate of drug-likeness (QED) is 0.797. The summed E-state index contributed by atoms with van der Waals surface area (Å²) in [7, 11) is -3.55. The average Bonchev–Trinajstić information content (AvgIpc) is 3.55. The lowest BCUT2D eigenvalue weighted by Crippen LogP contribution is -2.53. The third-order valence-electron chi connectivity index (χ3n) is 6.31. The summed E-state index contributed by atoms with van der Waals surface area (Å²) in [4.78, 5) is 14.8. The van der Waals surface area contributed by atoms with Crippen LogP contribution in [0.25, 0.3) is 0 Å². The van der Waals surface area contributed by atoms with Crippen molar-refractivity contribution in [2.75, 3.05) is 32.7 Å². The second-order valence-electron chi connectivity index (χ2n) is 8.47. The van der Waals surface area contributed by atoms with Crippen molar-refractivity contribution < 1.29 is 13.2 Å². The van der Waals surface area contributed by atoms with Gasteiger partial charge in [-0.15, -0.1) is 0 Å². The van der Waals surface area contributed by atoms with E-state index >= 15 is 0 Å². The number of carbonyl (C=O) groups excluding carboxylic acids is 1. The van der Waals surface area contributed by atoms with Crippen LogP contribution in [0.4, 0.5) is 4.79 Å². The summed E-state index contributed by atoms with van der Waals surface area (Å²) < 4.78 is 27.6. The third kappa shape index (κ3) is 4.09. The molecule has 7 heteroatoms. The number of hydrogen-bond donors (Lipinski definition) is 1. The topological polar surface area (TPSA) is 69.7 Å². The average molecular weight is 428 g/mol. The Labute approximate surface area is 178 Å². The maximum atomic E-state index is 13.1. The van der Waals surface area contributed by atoms with E-state index in [0.29, 0.717) is 37.6 Å². The van der Waals surface area contributed by atoms with Crippen LogP contribution in [0, 0.1) is 13.8 Å². The fourth-order valence-corrected chi connectivity index (χ4v) is 5.85. The van der Waals surface area contributed by atoms with E-state index in [-0.39, 0.29) is 11.4 Å². The van der Waals surface area contributed by atoms with Gasteiger partial charge in [0.1, 0.15) is 0 Å². The molecule has 1 saturated carbocycles. The molecule has 1 aliphatic carbocycles. The number of urea groups is 1. The summed E-state index contributed by atoms with van der Waals surface area (Å²) in [6.45, 7) is 5.75. The highest BCUT2D eigenvalue weighted by Gasteiger charge is 2.44. The number of nitrogens with one attached hydrogen (secondary N) is 1. The fraction of sp³-hybridized carbons (Fsp3) is 0.435. The molecule has 0 spiro atoms. The predicted octanol–water partition coefficient (Wildman–Crippen LogP) is 3.05. The third-order valence-corrected chi connectivity index (χ3v) is 8.35. The second kappa shape index (κ2) is 8.04. The highest BCUT2D eigenvalue weighted by atomic mass is 32.2. The van der Waals surface area contributed by atoms with Gasteiger partial charge in [-0.2, -0.15) is 4.31 Å². The van der Waals surface area contributed by atoms with Gasteiger partial charge in [0.25, 0.3) is 0 Å². The zero-order valence-electron chi connectivity index (χ0n) is 17.6. The molecule has 0 aromatic heterocycles. The fourth-order valence-electron chi connectivity index (χ4n) is 4.12. The summed E-state index contributed by atoms with van der Waals surface area (Å²) >= 11 is 0. The Balaban J connectivity index is 1.34. The van der Waals surface area contributed by atoms with Crippen molar-refractivity contribution in [3.05, 3.63) is 65.2 Å². The molecule has 2 aromatic carbocycles. The minimum absolute atomic E-state index is 0.0603. The van der Waals surface area contributed by atoms with Crippen LogP contribution < -0.4 is 5.32 Å². The van der Waals surface area contributed by atoms with Gasteiger partial charge < -0.3 is 10.2 Å². The van der Waals surface area contributed by atoms with Gasteiger partial charge in [-0.3, -0.25) is 0 Å². The molecule has 1 aliphatic heterocycles. The summed E-state index contributed by atoms with van der Waals surface area (Å²) in [5.74, 6) is 0. The first kappa shape index (κ1) is 20.9. The molecule has 1 N–H and O–H groups in total. The van der Waals surface area contributed by atoms with Crippen molar-refractivity contribution in [2.24, 2.45) is 0 Å². The van der Waals surface area contributed by atoms with E-state index in [0.717, 1.165) is 24.0 Å². The number of sulfonamides is 1. The minimum Gasteiger partial charge on any atom is -0.337 e. The number of hydrogen-bond acceptors (Lipinski definition) is 3. The monoisotopic (exact) mass is 427 g/mol. The highest BCUT2D eigenvalue weighted by molar-refractivity contribution is 7.89. The first-order chi connectivity index (χ1) is 14.3. The molecule has 0 radical (unpaired) electrons. The molecule has 2 fully saturated rings. The number of rotatable bonds is 5. The first-order valence-corrected chi connectivity index (χ1v) is 11.9. The van der Waals surface area contributed by atoms with Gasteiger partial charge in [-0.25, -0.2) is 13.2 Å². The smallest absolute Gasteiger partial charge is 0.317 e. The van der Waals surface area contributed by atoms with E-state index in [2.05, 4.69) is 17.4 Å². The normalized spacial score (nSPS) is 18.8. The van der Waals surface area contributed by atoms with E-state index in [1.54, 1.807) is 11.0 Å². The summed E-state index contributed by atoms with van der Waals surface area (Å²) in [5, 5.41) is 3.07. The molecule has 4 rings (SSSR count). The van der Waals surface area contributed by atoms with E-state index < -0.39 is 10.0 Å². The van der Waals surface area contributed by atoms with Gasteiger partial charge in [-0.1, -0.05) is 42.5 Å². The predicted molar refractivity (Wildman–Crippen MR) is 117 cm³/mol. The highest BCUT2D eigenvalue weighted by Crippen LogP contribution is 2.47. The lowest BCUT2D eigenvalue weighted by atomic mass is 9.96. The van der Waals surface area contributed by atoms with Crippen LogP contribution >= 0.6 is 0 Å². The number of piperazine rings is 1. The molecular weight excluding hydrogens is 398 g/mol. The van der Waals surface area contributed by atoms with Crippen LogP contribution in [0.3, 0.4) is 0 Å². The van der Waals surface area contributed by atoms with E-state index in [1.165, 1.54) is 9.87 Å². The number of amides is 2. The van der Waals surface area contributed by atoms with Crippen molar-refractivity contribution in [3.63, 3.8) is 0 Å². The molecule has 6 nitrogen and oxygen atoms in total. The summed E-state index contributed by atoms with van der Waals surface area (Å²) in [6.07, 6.45) is 2.16. The van der Waals surface area contributed by atoms with Crippen molar-refractivity contribution in [1.29, 1.82) is 0 Å². The maximum absolute atomic E-state index is 13.1. The van der Waals surface area contributed by atoms with Gasteiger partial charge in [0.15, 0.2) is 0 Å². The SMILES string of the molecule is Cc1ccc(C)c(S(=O)(=O)N2CCN(C(=O)NCC3(c4ccccc4)CC3)CC2)c1. The molecule has 1 saturated heterocycles. The lowest BCUT2D eigenvalue weighted by molar-refractivity contribution is 0.171. The zero-order chi connectivity index (χ0) is 21.4. The lowest BCUT2D eigenvalue weighted by Gasteiger charge is -2.34. The van der Waals surface area contributed by atoms with E-state index in [9.17, 15) is 13.2 Å². The van der Waals surface area contributed by atoms with Crippen molar-refractivity contribution in [3.8, 4) is 0 Å². The zero-order valence-corrected chi connectivity index (χ0v) is 18.4. The minimum atomic E-state index is -3.55. The van der Waals surface area contributed by atoms with Gasteiger partial charge in [0.05, 0.1) is 4.90 Å². The van der Waals surface area contributed by atoms with Crippen LogP contribution in [-0.2, 0) is 15.4 Å². The van der Waals surface area contributed by atoms with Gasteiger partial charge in [0, 0.05) is 38.1 Å². The van der Waals surface area contributed by atoms with E-state index in [1.807, 2.05) is 44.2 Å². The molecule has 2 amide bonds. The van der Waals surface area contributed by atoms with Crippen molar-refractivity contribution in [2.45, 2.75) is 37.0 Å². The summed E-state index contributed by atoms with van der Waals surface area (Å²) in [6, 6.07) is 15.7. The van der Waals surface area contributed by atoms with Gasteiger partial charge >= 0.3 is 6.03 Å². The van der Waals surface area contributed by atoms with Crippen LogP contribution in [0.5, 0.6) is 0 Å². The number of benzene rings is 2. The Morgan fingerprint density at radius 3 is 2.30 bits per heavy atom. The van der Waals surface area contributed by atoms with Gasteiger partial charge in [0.2, 0.25) is 10.0 Å². The molecule has 0 unspecified atom stereocenters. The molecular formula is C23H29N3O3S. The second-order valence-corrected chi connectivity index (χ2v) is 10.4. The Kier molecular flexibility index (Phi) is 5.59. The Morgan fingerprint density at radius 2 is 1.67 bits per heavy atom. The summed E-state index contributed by atoms with van der Waals surface area (Å²) in [5.41, 5.74) is 3.00. The Hall–Kier alpha value is -2.38. The van der Waals surface area contributed by atoms with Crippen LogP contribution in [0.15, 0.2) is 53.4 Å². The molecule has 2 aliphatic rings. The standard InChI is InChI=1S/C23H29N3O3S/c1-18-8-9-19(2)21(16-18)30(28,29)26-14-12-25(13-15-26)22(27)24-17-23(10-11-23)20-6-4-3-5-7-20/h3-9,16H,10-15,17H2,1-2H3,(H,24,27). The molecule has 0 atom stereocenters. The van der Waals surface area contributed by atoms with Crippen molar-refractivity contribution >= 4 is 16.1 Å². The molecule has 0 bridgehead atoms. The maximum Gasteiger partial charge on any atom is 0.317 e. The number of carbonyl (C=O) groups is 1. The Morgan fingerprint density at radius 1 is 1.00 bits per heavy atom. The first-order valence-electron chi connectivity index (χ1n) is 10.5. The van der Waals surface area contributed by atoms with Crippen LogP contribution in [0.2, 0.25) is 0 Å². The molecule has 30 heavy (non-hydrogen) atoms. The van der Waals surface area contributed by atoms with Gasteiger partial charge in [-0.05, 0) is 49.4 Å². The largest absolute Gasteiger partial charge is 0.337 e. The molecule has 2 aromatic rings. The van der Waals surface area contributed by atoms with Crippen LogP contribution in [-0.4, -0.2) is 56.4 Å². The molecule has 160 valence electrons.